The number of aromatic nitrogens is 3. The highest BCUT2D eigenvalue weighted by Gasteiger charge is 2.18. The van der Waals surface area contributed by atoms with Crippen molar-refractivity contribution in [1.29, 1.82) is 0 Å². The van der Waals surface area contributed by atoms with Crippen molar-refractivity contribution in [3.05, 3.63) is 33.8 Å². The lowest BCUT2D eigenvalue weighted by Gasteiger charge is -2.06. The van der Waals surface area contributed by atoms with Gasteiger partial charge in [-0.25, -0.2) is 9.97 Å². The number of nitrogens with one attached hydrogen (secondary N) is 2. The Labute approximate surface area is 116 Å². The van der Waals surface area contributed by atoms with E-state index in [4.69, 9.17) is 0 Å². The van der Waals surface area contributed by atoms with Crippen LogP contribution in [-0.4, -0.2) is 27.4 Å². The molecule has 2 aromatic rings. The number of rotatable bonds is 5. The lowest BCUT2D eigenvalue weighted by Crippen LogP contribution is -2.27. The molecule has 0 aliphatic heterocycles. The molecule has 0 radical (unpaired) electrons. The van der Waals surface area contributed by atoms with Crippen molar-refractivity contribution in [1.82, 2.24) is 20.3 Å². The summed E-state index contributed by atoms with van der Waals surface area (Å²) in [5.74, 6) is 0.229. The summed E-state index contributed by atoms with van der Waals surface area (Å²) in [6.45, 7) is 6.66. The van der Waals surface area contributed by atoms with Gasteiger partial charge in [0.15, 0.2) is 0 Å². The molecule has 0 aliphatic rings. The summed E-state index contributed by atoms with van der Waals surface area (Å²) < 4.78 is 0. The number of thiazole rings is 1. The van der Waals surface area contributed by atoms with Crippen molar-refractivity contribution in [2.75, 3.05) is 6.54 Å². The summed E-state index contributed by atoms with van der Waals surface area (Å²) in [5, 5.41) is 3.84. The highest BCUT2D eigenvalue weighted by atomic mass is 32.1. The summed E-state index contributed by atoms with van der Waals surface area (Å²) in [6, 6.07) is 0. The van der Waals surface area contributed by atoms with E-state index < -0.39 is 0 Å². The van der Waals surface area contributed by atoms with Crippen molar-refractivity contribution >= 4 is 17.2 Å². The molecule has 2 rings (SSSR count). The lowest BCUT2D eigenvalue weighted by atomic mass is 10.1. The third-order valence-corrected chi connectivity index (χ3v) is 4.01. The molecule has 0 spiro atoms. The topological polar surface area (TPSA) is 70.7 Å². The summed E-state index contributed by atoms with van der Waals surface area (Å²) in [5.41, 5.74) is 1.58. The van der Waals surface area contributed by atoms with Crippen LogP contribution in [0.4, 0.5) is 0 Å². The maximum Gasteiger partial charge on any atom is 0.271 e. The number of amides is 1. The molecule has 2 aromatic heterocycles. The fourth-order valence-corrected chi connectivity index (χ4v) is 2.74. The summed E-state index contributed by atoms with van der Waals surface area (Å²) in [7, 11) is 0. The first kappa shape index (κ1) is 13.7. The molecular weight excluding hydrogens is 260 g/mol. The van der Waals surface area contributed by atoms with E-state index in [2.05, 4.69) is 34.1 Å². The van der Waals surface area contributed by atoms with Crippen LogP contribution < -0.4 is 5.32 Å². The molecule has 1 amide bonds. The molecule has 0 aliphatic carbocycles. The second-order valence-electron chi connectivity index (χ2n) is 4.68. The van der Waals surface area contributed by atoms with E-state index in [0.29, 0.717) is 18.2 Å². The van der Waals surface area contributed by atoms with Crippen molar-refractivity contribution in [3.63, 3.8) is 0 Å². The maximum atomic E-state index is 12.1. The molecular formula is C13H18N4OS. The van der Waals surface area contributed by atoms with Gasteiger partial charge in [0.1, 0.15) is 5.69 Å². The monoisotopic (exact) mass is 278 g/mol. The van der Waals surface area contributed by atoms with Gasteiger partial charge in [0, 0.05) is 29.7 Å². The first-order valence-electron chi connectivity index (χ1n) is 6.30. The van der Waals surface area contributed by atoms with Gasteiger partial charge in [-0.15, -0.1) is 11.3 Å². The highest BCUT2D eigenvalue weighted by Crippen LogP contribution is 2.26. The number of carbonyl (C=O) groups is 1. The van der Waals surface area contributed by atoms with E-state index >= 15 is 0 Å². The average Bonchev–Trinajstić information content (AvgIpc) is 2.98. The van der Waals surface area contributed by atoms with Crippen molar-refractivity contribution < 1.29 is 4.79 Å². The normalized spacial score (nSPS) is 10.9. The zero-order valence-electron chi connectivity index (χ0n) is 11.4. The van der Waals surface area contributed by atoms with E-state index in [-0.39, 0.29) is 5.91 Å². The van der Waals surface area contributed by atoms with Gasteiger partial charge in [0.2, 0.25) is 0 Å². The van der Waals surface area contributed by atoms with Gasteiger partial charge in [0.25, 0.3) is 5.91 Å². The predicted octanol–water partition coefficient (Wildman–Crippen LogP) is 2.27. The number of carbonyl (C=O) groups excluding carboxylic acids is 1. The van der Waals surface area contributed by atoms with Gasteiger partial charge in [0.05, 0.1) is 11.3 Å². The molecule has 102 valence electrons. The Kier molecular flexibility index (Phi) is 4.31. The second kappa shape index (κ2) is 5.97. The number of H-pyrrole nitrogens is 1. The van der Waals surface area contributed by atoms with Gasteiger partial charge in [-0.1, -0.05) is 13.8 Å². The lowest BCUT2D eigenvalue weighted by molar-refractivity contribution is 0.0948. The molecule has 0 saturated carbocycles. The smallest absolute Gasteiger partial charge is 0.271 e. The minimum atomic E-state index is -0.0902. The standard InChI is InChI=1S/C13H18N4OS/c1-8(2)12-11(17-9(3)19-12)13(18)15-5-4-10-6-14-7-16-10/h6-8H,4-5H2,1-3H3,(H,14,16)(H,15,18). The van der Waals surface area contributed by atoms with E-state index in [1.807, 2.05) is 6.92 Å². The van der Waals surface area contributed by atoms with E-state index in [0.717, 1.165) is 22.0 Å². The number of aryl methyl sites for hydroxylation is 1. The Morgan fingerprint density at radius 1 is 1.53 bits per heavy atom. The Morgan fingerprint density at radius 2 is 2.32 bits per heavy atom. The van der Waals surface area contributed by atoms with Gasteiger partial charge in [-0.3, -0.25) is 4.79 Å². The van der Waals surface area contributed by atoms with Crippen LogP contribution in [-0.2, 0) is 6.42 Å². The number of imidazole rings is 1. The Balaban J connectivity index is 1.96. The molecule has 0 atom stereocenters. The third kappa shape index (κ3) is 3.41. The maximum absolute atomic E-state index is 12.1. The molecule has 2 N–H and O–H groups in total. The predicted molar refractivity (Wildman–Crippen MR) is 75.6 cm³/mol. The van der Waals surface area contributed by atoms with Gasteiger partial charge in [-0.2, -0.15) is 0 Å². The average molecular weight is 278 g/mol. The van der Waals surface area contributed by atoms with E-state index in [1.54, 1.807) is 23.9 Å². The minimum Gasteiger partial charge on any atom is -0.350 e. The van der Waals surface area contributed by atoms with Gasteiger partial charge >= 0.3 is 0 Å². The number of hydrogen-bond donors (Lipinski definition) is 2. The summed E-state index contributed by atoms with van der Waals surface area (Å²) in [6.07, 6.45) is 4.14. The minimum absolute atomic E-state index is 0.0902. The molecule has 19 heavy (non-hydrogen) atoms. The zero-order valence-corrected chi connectivity index (χ0v) is 12.2. The molecule has 6 heteroatoms. The van der Waals surface area contributed by atoms with Crippen LogP contribution in [0.25, 0.3) is 0 Å². The Hall–Kier alpha value is -1.69. The number of nitrogens with zero attached hydrogens (tertiary/aromatic N) is 2. The third-order valence-electron chi connectivity index (χ3n) is 2.73. The van der Waals surface area contributed by atoms with Crippen molar-refractivity contribution in [3.8, 4) is 0 Å². The first-order valence-corrected chi connectivity index (χ1v) is 7.12. The van der Waals surface area contributed by atoms with Crippen LogP contribution in [0.5, 0.6) is 0 Å². The highest BCUT2D eigenvalue weighted by molar-refractivity contribution is 7.12. The number of aromatic amines is 1. The molecule has 5 nitrogen and oxygen atoms in total. The fraction of sp³-hybridized carbons (Fsp3) is 0.462. The zero-order chi connectivity index (χ0) is 13.8. The second-order valence-corrected chi connectivity index (χ2v) is 5.92. The first-order chi connectivity index (χ1) is 9.08. The molecule has 0 fully saturated rings. The van der Waals surface area contributed by atoms with Crippen LogP contribution in [0.1, 0.15) is 45.8 Å². The summed E-state index contributed by atoms with van der Waals surface area (Å²) in [4.78, 5) is 24.5. The summed E-state index contributed by atoms with van der Waals surface area (Å²) >= 11 is 1.59. The van der Waals surface area contributed by atoms with Crippen molar-refractivity contribution in [2.24, 2.45) is 0 Å². The SMILES string of the molecule is Cc1nc(C(=O)NCCc2cnc[nH]2)c(C(C)C)s1. The van der Waals surface area contributed by atoms with Crippen LogP contribution in [0.15, 0.2) is 12.5 Å². The number of hydrogen-bond acceptors (Lipinski definition) is 4. The quantitative estimate of drug-likeness (QED) is 0.881. The molecule has 2 heterocycles. The van der Waals surface area contributed by atoms with E-state index in [9.17, 15) is 4.79 Å². The Morgan fingerprint density at radius 3 is 2.95 bits per heavy atom. The van der Waals surface area contributed by atoms with Gasteiger partial charge < -0.3 is 10.3 Å². The van der Waals surface area contributed by atoms with Crippen molar-refractivity contribution in [2.45, 2.75) is 33.1 Å². The van der Waals surface area contributed by atoms with E-state index in [1.165, 1.54) is 0 Å². The molecule has 0 aromatic carbocycles. The van der Waals surface area contributed by atoms with Crippen LogP contribution >= 0.6 is 11.3 Å². The van der Waals surface area contributed by atoms with Crippen LogP contribution in [0.2, 0.25) is 0 Å². The largest absolute Gasteiger partial charge is 0.350 e. The van der Waals surface area contributed by atoms with Gasteiger partial charge in [-0.05, 0) is 12.8 Å². The molecule has 0 unspecified atom stereocenters. The Bertz CT molecular complexity index is 545. The van der Waals surface area contributed by atoms with Crippen LogP contribution in [0.3, 0.4) is 0 Å². The molecule has 0 saturated heterocycles. The fourth-order valence-electron chi connectivity index (χ4n) is 1.81. The van der Waals surface area contributed by atoms with Crippen LogP contribution in [0, 0.1) is 6.92 Å². The molecule has 0 bridgehead atoms.